The zero-order chi connectivity index (χ0) is 30.7. The largest absolute Gasteiger partial charge is 2.00 e. The number of methoxy groups -OCH3 is 2. The molecule has 0 fully saturated rings. The van der Waals surface area contributed by atoms with E-state index in [0.717, 1.165) is 50.0 Å². The Morgan fingerprint density at radius 2 is 0.979 bits per heavy atom. The van der Waals surface area contributed by atoms with Crippen LogP contribution in [0.1, 0.15) is 61.8 Å². The molecule has 4 aliphatic rings. The second kappa shape index (κ2) is 22.5. The minimum absolute atomic E-state index is 0. The summed E-state index contributed by atoms with van der Waals surface area (Å²) in [4.78, 5) is 0. The van der Waals surface area contributed by atoms with Gasteiger partial charge in [-0.3, -0.25) is 12.2 Å². The Hall–Kier alpha value is -2.21. The Labute approximate surface area is 338 Å². The van der Waals surface area contributed by atoms with Crippen LogP contribution in [0.25, 0.3) is 22.3 Å². The van der Waals surface area contributed by atoms with E-state index in [9.17, 15) is 0 Å². The summed E-state index contributed by atoms with van der Waals surface area (Å²) < 4.78 is 10.8. The van der Waals surface area contributed by atoms with E-state index in [4.69, 9.17) is 9.47 Å². The van der Waals surface area contributed by atoms with E-state index in [1.54, 1.807) is 14.2 Å². The van der Waals surface area contributed by atoms with Crippen LogP contribution in [0.5, 0.6) is 11.5 Å². The van der Waals surface area contributed by atoms with Crippen LogP contribution in [0, 0.1) is 24.3 Å². The number of hydrogen-bond acceptors (Lipinski definition) is 2. The molecular formula is C42H40Cl2O2Zr2-2. The molecule has 0 bridgehead atoms. The third-order valence-electron chi connectivity index (χ3n) is 8.12. The summed E-state index contributed by atoms with van der Waals surface area (Å²) in [6.07, 6.45) is 21.3. The van der Waals surface area contributed by atoms with Gasteiger partial charge in [-0.15, -0.1) is 36.1 Å². The van der Waals surface area contributed by atoms with E-state index < -0.39 is 0 Å². The minimum Gasteiger partial charge on any atom is -1.00 e. The summed E-state index contributed by atoms with van der Waals surface area (Å²) in [5.74, 6) is 1.90. The molecule has 244 valence electrons. The van der Waals surface area contributed by atoms with Gasteiger partial charge in [-0.1, -0.05) is 97.5 Å². The predicted molar refractivity (Wildman–Crippen MR) is 182 cm³/mol. The van der Waals surface area contributed by atoms with Crippen LogP contribution in [-0.2, 0) is 65.2 Å². The van der Waals surface area contributed by atoms with Gasteiger partial charge in [-0.05, 0) is 24.0 Å². The van der Waals surface area contributed by atoms with E-state index in [2.05, 4.69) is 111 Å². The molecule has 0 saturated heterocycles. The number of rotatable bonds is 4. The molecular weight excluding hydrogens is 790 g/mol. The first kappa shape index (κ1) is 43.8. The third kappa shape index (κ3) is 10.9. The van der Waals surface area contributed by atoms with Crippen LogP contribution in [0.2, 0.25) is 0 Å². The smallest absolute Gasteiger partial charge is 1.00 e. The quantitative estimate of drug-likeness (QED) is 0.247. The van der Waals surface area contributed by atoms with Crippen molar-refractivity contribution in [3.63, 3.8) is 0 Å². The monoisotopic (exact) mass is 826 g/mol. The van der Waals surface area contributed by atoms with E-state index in [-0.39, 0.29) is 77.2 Å². The van der Waals surface area contributed by atoms with E-state index >= 15 is 0 Å². The maximum atomic E-state index is 5.39. The number of allylic oxidation sites excluding steroid dienone is 8. The Kier molecular flexibility index (Phi) is 20.5. The average molecular weight is 830 g/mol. The molecule has 0 aliphatic heterocycles. The van der Waals surface area contributed by atoms with Gasteiger partial charge in [0.05, 0.1) is 14.2 Å². The molecule has 2 nitrogen and oxygen atoms in total. The summed E-state index contributed by atoms with van der Waals surface area (Å²) in [6.45, 7) is 4.30. The van der Waals surface area contributed by atoms with Crippen LogP contribution in [0.4, 0.5) is 0 Å². The maximum Gasteiger partial charge on any atom is 2.00 e. The molecule has 0 saturated carbocycles. The SMILES string of the molecule is CCC1=[C-]CC=C1.CCC1=[C-]CC=C1.COc1cc[c-]c2c1-c1ccccc1C2.COc1cc[c-]c2c1-c1ccccc1C2.[Cl-].[Cl-].[Zr+2].[Zr+2]. The molecule has 0 N–H and O–H groups in total. The summed E-state index contributed by atoms with van der Waals surface area (Å²) in [6, 6.07) is 31.3. The number of fused-ring (bicyclic) bond motifs is 6. The van der Waals surface area contributed by atoms with E-state index in [0.29, 0.717) is 0 Å². The molecule has 0 aromatic heterocycles. The predicted octanol–water partition coefficient (Wildman–Crippen LogP) is 4.31. The molecule has 4 aromatic rings. The minimum atomic E-state index is 0. The van der Waals surface area contributed by atoms with E-state index in [1.807, 2.05) is 24.3 Å². The van der Waals surface area contributed by atoms with Crippen molar-refractivity contribution in [3.05, 3.63) is 155 Å². The van der Waals surface area contributed by atoms with Gasteiger partial charge in [0.2, 0.25) is 0 Å². The van der Waals surface area contributed by atoms with Crippen molar-refractivity contribution in [2.24, 2.45) is 0 Å². The topological polar surface area (TPSA) is 18.5 Å². The average Bonchev–Trinajstić information content (AvgIpc) is 3.90. The summed E-state index contributed by atoms with van der Waals surface area (Å²) >= 11 is 0. The van der Waals surface area contributed by atoms with Crippen LogP contribution in [-0.4, -0.2) is 14.2 Å². The fourth-order valence-electron chi connectivity index (χ4n) is 5.86. The Morgan fingerprint density at radius 3 is 1.29 bits per heavy atom. The van der Waals surface area contributed by atoms with Crippen LogP contribution < -0.4 is 34.3 Å². The molecule has 0 spiro atoms. The van der Waals surface area contributed by atoms with E-state index in [1.165, 1.54) is 55.7 Å². The first-order valence-electron chi connectivity index (χ1n) is 15.5. The van der Waals surface area contributed by atoms with Gasteiger partial charge < -0.3 is 34.3 Å². The summed E-state index contributed by atoms with van der Waals surface area (Å²) in [5, 5.41) is 0. The molecule has 0 amide bonds. The van der Waals surface area contributed by atoms with Crippen molar-refractivity contribution in [3.8, 4) is 33.8 Å². The van der Waals surface area contributed by atoms with Crippen molar-refractivity contribution >= 4 is 0 Å². The molecule has 6 heteroatoms. The Morgan fingerprint density at radius 1 is 0.583 bits per heavy atom. The molecule has 4 aromatic carbocycles. The molecule has 0 heterocycles. The molecule has 4 aliphatic carbocycles. The number of ether oxygens (including phenoxy) is 2. The molecule has 48 heavy (non-hydrogen) atoms. The van der Waals surface area contributed by atoms with Crippen molar-refractivity contribution in [2.45, 2.75) is 52.4 Å². The Bertz CT molecular complexity index is 1600. The van der Waals surface area contributed by atoms with Gasteiger partial charge in [-0.2, -0.15) is 36.4 Å². The fourth-order valence-corrected chi connectivity index (χ4v) is 5.86. The molecule has 0 unspecified atom stereocenters. The summed E-state index contributed by atoms with van der Waals surface area (Å²) in [5.41, 5.74) is 13.0. The van der Waals surface area contributed by atoms with Gasteiger partial charge in [0.25, 0.3) is 0 Å². The van der Waals surface area contributed by atoms with Crippen LogP contribution in [0.15, 0.2) is 108 Å². The maximum absolute atomic E-state index is 5.39. The zero-order valence-corrected chi connectivity index (χ0v) is 34.5. The second-order valence-electron chi connectivity index (χ2n) is 10.8. The first-order valence-corrected chi connectivity index (χ1v) is 15.5. The zero-order valence-electron chi connectivity index (χ0n) is 28.1. The van der Waals surface area contributed by atoms with Gasteiger partial charge in [0.1, 0.15) is 0 Å². The van der Waals surface area contributed by atoms with Crippen LogP contribution in [0.3, 0.4) is 0 Å². The summed E-state index contributed by atoms with van der Waals surface area (Å²) in [7, 11) is 3.44. The number of benzene rings is 4. The van der Waals surface area contributed by atoms with Crippen molar-refractivity contribution in [2.75, 3.05) is 14.2 Å². The molecule has 0 atom stereocenters. The van der Waals surface area contributed by atoms with Gasteiger partial charge >= 0.3 is 52.4 Å². The van der Waals surface area contributed by atoms with Crippen molar-refractivity contribution in [1.29, 1.82) is 0 Å². The van der Waals surface area contributed by atoms with Gasteiger partial charge in [0.15, 0.2) is 0 Å². The second-order valence-corrected chi connectivity index (χ2v) is 10.8. The van der Waals surface area contributed by atoms with Crippen LogP contribution >= 0.6 is 0 Å². The Balaban J connectivity index is 0.000000329. The van der Waals surface area contributed by atoms with Crippen molar-refractivity contribution in [1.82, 2.24) is 0 Å². The molecule has 8 rings (SSSR count). The van der Waals surface area contributed by atoms with Crippen molar-refractivity contribution < 1.29 is 86.7 Å². The fraction of sp³-hybridized carbons (Fsp3) is 0.238. The number of halogens is 2. The normalized spacial score (nSPS) is 12.7. The number of hydrogen-bond donors (Lipinski definition) is 0. The third-order valence-corrected chi connectivity index (χ3v) is 8.12. The first-order chi connectivity index (χ1) is 21.7. The standard InChI is InChI=1S/2C14H11O.2C7H9.2ClH.2Zr/c2*1-15-13-8-4-6-11-9-10-5-2-3-7-12(10)14(11)13;2*1-2-7-5-3-4-6-7;;;;/h2*2-5,7-8H,9H2,1H3;2*3,5H,2,4H2,1H3;2*1H;;/q4*-1;;;2*+2/p-2. The van der Waals surface area contributed by atoms with Gasteiger partial charge in [0, 0.05) is 11.5 Å². The molecule has 0 radical (unpaired) electrons. The van der Waals surface area contributed by atoms with Gasteiger partial charge in [-0.25, -0.2) is 23.3 Å².